The summed E-state index contributed by atoms with van der Waals surface area (Å²) in [6.07, 6.45) is 1.68. The second kappa shape index (κ2) is 7.50. The molecule has 0 spiro atoms. The zero-order valence-corrected chi connectivity index (χ0v) is 16.6. The van der Waals surface area contributed by atoms with E-state index < -0.39 is 0 Å². The van der Waals surface area contributed by atoms with Crippen LogP contribution in [0.25, 0.3) is 5.65 Å². The number of imidazole rings is 1. The predicted molar refractivity (Wildman–Crippen MR) is 108 cm³/mol. The quantitative estimate of drug-likeness (QED) is 0.697. The van der Waals surface area contributed by atoms with Gasteiger partial charge in [-0.25, -0.2) is 9.50 Å². The van der Waals surface area contributed by atoms with E-state index in [1.807, 2.05) is 17.9 Å². The van der Waals surface area contributed by atoms with E-state index in [1.165, 1.54) is 16.8 Å². The van der Waals surface area contributed by atoms with Gasteiger partial charge in [0.1, 0.15) is 5.69 Å². The second-order valence-electron chi connectivity index (χ2n) is 7.10. The van der Waals surface area contributed by atoms with Crippen LogP contribution in [0.5, 0.6) is 5.88 Å². The van der Waals surface area contributed by atoms with Gasteiger partial charge in [0, 0.05) is 37.9 Å². The molecular formula is C21H25N5O2. The topological polar surface area (TPSA) is 63.0 Å². The molecule has 0 radical (unpaired) electrons. The number of carbonyl (C=O) groups is 1. The smallest absolute Gasteiger partial charge is 0.274 e. The number of rotatable bonds is 4. The van der Waals surface area contributed by atoms with Crippen molar-refractivity contribution in [3.8, 4) is 5.88 Å². The summed E-state index contributed by atoms with van der Waals surface area (Å²) in [6.45, 7) is 9.68. The van der Waals surface area contributed by atoms with Crippen LogP contribution in [-0.4, -0.2) is 58.2 Å². The van der Waals surface area contributed by atoms with Gasteiger partial charge < -0.3 is 14.5 Å². The van der Waals surface area contributed by atoms with Crippen LogP contribution in [-0.2, 0) is 0 Å². The molecular weight excluding hydrogens is 354 g/mol. The summed E-state index contributed by atoms with van der Waals surface area (Å²) in [6, 6.07) is 10.1. The van der Waals surface area contributed by atoms with Gasteiger partial charge in [0.2, 0.25) is 5.88 Å². The third-order valence-electron chi connectivity index (χ3n) is 5.08. The van der Waals surface area contributed by atoms with E-state index in [9.17, 15) is 4.79 Å². The number of piperazine rings is 1. The summed E-state index contributed by atoms with van der Waals surface area (Å²) < 4.78 is 7.01. The molecule has 7 heteroatoms. The lowest BCUT2D eigenvalue weighted by atomic mass is 10.1. The molecule has 4 rings (SSSR count). The standard InChI is InChI=1S/C21H25N5O2/c1-4-28-20-8-7-19-22-17(14-26(19)23-20)21(27)25-11-9-24(10-12-25)18-13-15(2)5-6-16(18)3/h5-8,13-14H,4,9-12H2,1-3H3. The maximum absolute atomic E-state index is 12.9. The first-order valence-electron chi connectivity index (χ1n) is 9.66. The Morgan fingerprint density at radius 2 is 1.89 bits per heavy atom. The molecule has 0 unspecified atom stereocenters. The van der Waals surface area contributed by atoms with Crippen LogP contribution >= 0.6 is 0 Å². The molecule has 2 aromatic heterocycles. The van der Waals surface area contributed by atoms with Gasteiger partial charge in [-0.3, -0.25) is 4.79 Å². The number of fused-ring (bicyclic) bond motifs is 1. The van der Waals surface area contributed by atoms with Gasteiger partial charge in [-0.15, -0.1) is 5.10 Å². The minimum absolute atomic E-state index is 0.0518. The Labute approximate surface area is 164 Å². The molecule has 0 N–H and O–H groups in total. The van der Waals surface area contributed by atoms with Gasteiger partial charge in [0.05, 0.1) is 12.8 Å². The lowest BCUT2D eigenvalue weighted by molar-refractivity contribution is 0.0741. The Balaban J connectivity index is 1.46. The number of hydrogen-bond acceptors (Lipinski definition) is 5. The zero-order valence-electron chi connectivity index (χ0n) is 16.6. The van der Waals surface area contributed by atoms with Gasteiger partial charge in [-0.2, -0.15) is 0 Å². The van der Waals surface area contributed by atoms with Crippen molar-refractivity contribution in [1.82, 2.24) is 19.5 Å². The Kier molecular flexibility index (Phi) is 4.90. The number of aromatic nitrogens is 3. The highest BCUT2D eigenvalue weighted by Gasteiger charge is 2.25. The second-order valence-corrected chi connectivity index (χ2v) is 7.10. The SMILES string of the molecule is CCOc1ccc2nc(C(=O)N3CCN(c4cc(C)ccc4C)CC3)cn2n1. The number of ether oxygens (including phenoxy) is 1. The van der Waals surface area contributed by atoms with Crippen LogP contribution in [0.3, 0.4) is 0 Å². The van der Waals surface area contributed by atoms with Crippen LogP contribution in [0, 0.1) is 13.8 Å². The number of anilines is 1. The fraction of sp³-hybridized carbons (Fsp3) is 0.381. The lowest BCUT2D eigenvalue weighted by Crippen LogP contribution is -2.49. The largest absolute Gasteiger partial charge is 0.477 e. The Morgan fingerprint density at radius 1 is 1.11 bits per heavy atom. The summed E-state index contributed by atoms with van der Waals surface area (Å²) >= 11 is 0. The molecule has 0 saturated carbocycles. The molecule has 1 aliphatic heterocycles. The van der Waals surface area contributed by atoms with E-state index in [0.717, 1.165) is 13.1 Å². The fourth-order valence-electron chi connectivity index (χ4n) is 3.57. The molecule has 0 aliphatic carbocycles. The molecule has 1 amide bonds. The van der Waals surface area contributed by atoms with Crippen molar-refractivity contribution >= 4 is 17.2 Å². The van der Waals surface area contributed by atoms with Crippen molar-refractivity contribution < 1.29 is 9.53 Å². The zero-order chi connectivity index (χ0) is 19.7. The summed E-state index contributed by atoms with van der Waals surface area (Å²) in [5.41, 5.74) is 4.83. The third kappa shape index (κ3) is 3.52. The van der Waals surface area contributed by atoms with Gasteiger partial charge in [-0.1, -0.05) is 12.1 Å². The first-order valence-corrected chi connectivity index (χ1v) is 9.66. The first-order chi connectivity index (χ1) is 13.5. The van der Waals surface area contributed by atoms with E-state index in [4.69, 9.17) is 4.74 Å². The van der Waals surface area contributed by atoms with Crippen molar-refractivity contribution in [3.05, 3.63) is 53.3 Å². The van der Waals surface area contributed by atoms with E-state index in [-0.39, 0.29) is 5.91 Å². The molecule has 1 saturated heterocycles. The molecule has 7 nitrogen and oxygen atoms in total. The lowest BCUT2D eigenvalue weighted by Gasteiger charge is -2.36. The number of carbonyl (C=O) groups excluding carboxylic acids is 1. The summed E-state index contributed by atoms with van der Waals surface area (Å²) in [4.78, 5) is 21.6. The summed E-state index contributed by atoms with van der Waals surface area (Å²) in [7, 11) is 0. The van der Waals surface area contributed by atoms with Crippen LogP contribution in [0.2, 0.25) is 0 Å². The molecule has 0 bridgehead atoms. The van der Waals surface area contributed by atoms with Crippen LogP contribution in [0.4, 0.5) is 5.69 Å². The molecule has 3 aromatic rings. The van der Waals surface area contributed by atoms with Crippen molar-refractivity contribution in [2.75, 3.05) is 37.7 Å². The Bertz CT molecular complexity index is 1010. The predicted octanol–water partition coefficient (Wildman–Crippen LogP) is 2.71. The summed E-state index contributed by atoms with van der Waals surface area (Å²) in [5, 5.41) is 4.34. The molecule has 1 fully saturated rings. The van der Waals surface area contributed by atoms with Crippen molar-refractivity contribution in [2.45, 2.75) is 20.8 Å². The van der Waals surface area contributed by atoms with Crippen LogP contribution in [0.1, 0.15) is 28.5 Å². The average Bonchev–Trinajstić information content (AvgIpc) is 3.13. The van der Waals surface area contributed by atoms with E-state index >= 15 is 0 Å². The molecule has 1 aliphatic rings. The van der Waals surface area contributed by atoms with Gasteiger partial charge in [0.15, 0.2) is 5.65 Å². The molecule has 3 heterocycles. The van der Waals surface area contributed by atoms with Crippen molar-refractivity contribution in [3.63, 3.8) is 0 Å². The van der Waals surface area contributed by atoms with Crippen LogP contribution < -0.4 is 9.64 Å². The maximum atomic E-state index is 12.9. The fourth-order valence-corrected chi connectivity index (χ4v) is 3.57. The van der Waals surface area contributed by atoms with E-state index in [1.54, 1.807) is 16.8 Å². The van der Waals surface area contributed by atoms with Crippen LogP contribution in [0.15, 0.2) is 36.5 Å². The maximum Gasteiger partial charge on any atom is 0.274 e. The van der Waals surface area contributed by atoms with Gasteiger partial charge >= 0.3 is 0 Å². The molecule has 1 aromatic carbocycles. The molecule has 28 heavy (non-hydrogen) atoms. The molecule has 146 valence electrons. The van der Waals surface area contributed by atoms with E-state index in [2.05, 4.69) is 47.0 Å². The normalized spacial score (nSPS) is 14.5. The Morgan fingerprint density at radius 3 is 2.64 bits per heavy atom. The van der Waals surface area contributed by atoms with E-state index in [0.29, 0.717) is 36.9 Å². The highest BCUT2D eigenvalue weighted by molar-refractivity contribution is 5.93. The van der Waals surface area contributed by atoms with Crippen molar-refractivity contribution in [1.29, 1.82) is 0 Å². The number of benzene rings is 1. The first kappa shape index (κ1) is 18.3. The van der Waals surface area contributed by atoms with Gasteiger partial charge in [-0.05, 0) is 44.0 Å². The third-order valence-corrected chi connectivity index (χ3v) is 5.08. The monoisotopic (exact) mass is 379 g/mol. The number of hydrogen-bond donors (Lipinski definition) is 0. The van der Waals surface area contributed by atoms with Crippen molar-refractivity contribution in [2.24, 2.45) is 0 Å². The highest BCUT2D eigenvalue weighted by Crippen LogP contribution is 2.23. The Hall–Kier alpha value is -3.09. The number of amides is 1. The number of aryl methyl sites for hydroxylation is 2. The molecule has 0 atom stereocenters. The number of nitrogens with zero attached hydrogens (tertiary/aromatic N) is 5. The van der Waals surface area contributed by atoms with Gasteiger partial charge in [0.25, 0.3) is 5.91 Å². The minimum Gasteiger partial charge on any atom is -0.477 e. The summed E-state index contributed by atoms with van der Waals surface area (Å²) in [5.74, 6) is 0.470. The highest BCUT2D eigenvalue weighted by atomic mass is 16.5. The average molecular weight is 379 g/mol. The minimum atomic E-state index is -0.0518.